The molecule has 3 rings (SSSR count). The molecule has 2 aromatic heterocycles. The van der Waals surface area contributed by atoms with Crippen molar-refractivity contribution < 1.29 is 14.6 Å². The Balaban J connectivity index is 2.10. The number of aromatic amines is 1. The molecule has 1 aromatic carbocycles. The quantitative estimate of drug-likeness (QED) is 0.705. The van der Waals surface area contributed by atoms with E-state index < -0.39 is 11.5 Å². The van der Waals surface area contributed by atoms with E-state index in [-0.39, 0.29) is 35.7 Å². The number of aromatic nitrogens is 3. The summed E-state index contributed by atoms with van der Waals surface area (Å²) in [6.07, 6.45) is 1.37. The highest BCUT2D eigenvalue weighted by atomic mass is 35.5. The van der Waals surface area contributed by atoms with Gasteiger partial charge < -0.3 is 14.8 Å². The second kappa shape index (κ2) is 6.37. The summed E-state index contributed by atoms with van der Waals surface area (Å²) in [5.74, 6) is -0.967. The van der Waals surface area contributed by atoms with Gasteiger partial charge in [0.25, 0.3) is 5.56 Å². The highest BCUT2D eigenvalue weighted by Gasteiger charge is 2.20. The number of halogens is 1. The van der Waals surface area contributed by atoms with Gasteiger partial charge in [0.05, 0.1) is 18.4 Å². The predicted molar refractivity (Wildman–Crippen MR) is 87.7 cm³/mol. The molecular formula is C16H14ClN3O4. The van der Waals surface area contributed by atoms with Crippen molar-refractivity contribution in [3.63, 3.8) is 0 Å². The van der Waals surface area contributed by atoms with Crippen LogP contribution in [0.15, 0.2) is 35.3 Å². The van der Waals surface area contributed by atoms with Crippen molar-refractivity contribution in [2.45, 2.75) is 13.3 Å². The zero-order valence-corrected chi connectivity index (χ0v) is 13.5. The third kappa shape index (κ3) is 2.74. The summed E-state index contributed by atoms with van der Waals surface area (Å²) < 4.78 is 6.00. The number of rotatable bonds is 4. The number of benzene rings is 1. The van der Waals surface area contributed by atoms with Gasteiger partial charge in [-0.05, 0) is 18.6 Å². The molecular weight excluding hydrogens is 334 g/mol. The van der Waals surface area contributed by atoms with Gasteiger partial charge in [-0.25, -0.2) is 4.79 Å². The Bertz CT molecular complexity index is 977. The Morgan fingerprint density at radius 3 is 2.88 bits per heavy atom. The lowest BCUT2D eigenvalue weighted by Crippen LogP contribution is -2.17. The van der Waals surface area contributed by atoms with E-state index in [1.165, 1.54) is 6.20 Å². The van der Waals surface area contributed by atoms with Crippen molar-refractivity contribution in [3.8, 4) is 5.88 Å². The molecule has 0 amide bonds. The van der Waals surface area contributed by atoms with Crippen molar-refractivity contribution in [3.05, 3.63) is 62.5 Å². The Morgan fingerprint density at radius 2 is 2.17 bits per heavy atom. The van der Waals surface area contributed by atoms with Crippen LogP contribution < -0.4 is 5.56 Å². The van der Waals surface area contributed by atoms with Gasteiger partial charge in [0.15, 0.2) is 5.65 Å². The van der Waals surface area contributed by atoms with Gasteiger partial charge in [-0.2, -0.15) is 9.61 Å². The van der Waals surface area contributed by atoms with E-state index in [2.05, 4.69) is 10.1 Å². The number of ether oxygens (including phenoxy) is 1. The van der Waals surface area contributed by atoms with Crippen LogP contribution in [-0.4, -0.2) is 32.3 Å². The molecule has 0 saturated carbocycles. The monoisotopic (exact) mass is 347 g/mol. The van der Waals surface area contributed by atoms with Crippen LogP contribution >= 0.6 is 11.6 Å². The lowest BCUT2D eigenvalue weighted by Gasteiger charge is -2.07. The first-order valence-corrected chi connectivity index (χ1v) is 7.63. The topological polar surface area (TPSA) is 96.7 Å². The maximum absolute atomic E-state index is 12.3. The summed E-state index contributed by atoms with van der Waals surface area (Å²) >= 11 is 6.10. The van der Waals surface area contributed by atoms with E-state index in [9.17, 15) is 14.7 Å². The molecule has 2 heterocycles. The van der Waals surface area contributed by atoms with Gasteiger partial charge in [0.1, 0.15) is 5.56 Å². The van der Waals surface area contributed by atoms with E-state index in [0.717, 1.165) is 4.52 Å². The first-order chi connectivity index (χ1) is 11.5. The molecule has 0 aliphatic heterocycles. The lowest BCUT2D eigenvalue weighted by atomic mass is 10.1. The minimum absolute atomic E-state index is 0.0774. The number of fused-ring (bicyclic) bond motifs is 1. The van der Waals surface area contributed by atoms with Crippen LogP contribution in [0, 0.1) is 0 Å². The number of H-pyrrole nitrogens is 1. The number of hydrogen-bond acceptors (Lipinski definition) is 5. The second-order valence-corrected chi connectivity index (χ2v) is 5.47. The first-order valence-electron chi connectivity index (χ1n) is 7.25. The van der Waals surface area contributed by atoms with E-state index >= 15 is 0 Å². The van der Waals surface area contributed by atoms with Crippen LogP contribution in [0.2, 0.25) is 5.02 Å². The Labute approximate surface area is 141 Å². The van der Waals surface area contributed by atoms with Gasteiger partial charge in [-0.1, -0.05) is 29.8 Å². The van der Waals surface area contributed by atoms with Crippen LogP contribution in [0.1, 0.15) is 28.4 Å². The number of nitrogens with one attached hydrogen (secondary N) is 1. The summed E-state index contributed by atoms with van der Waals surface area (Å²) in [4.78, 5) is 26.8. The van der Waals surface area contributed by atoms with Crippen LogP contribution in [-0.2, 0) is 11.2 Å². The molecule has 0 aliphatic rings. The fourth-order valence-corrected chi connectivity index (χ4v) is 2.59. The largest absolute Gasteiger partial charge is 0.493 e. The zero-order chi connectivity index (χ0) is 17.3. The number of esters is 1. The third-order valence-electron chi connectivity index (χ3n) is 3.57. The predicted octanol–water partition coefficient (Wildman–Crippen LogP) is 2.15. The van der Waals surface area contributed by atoms with E-state index in [1.54, 1.807) is 31.2 Å². The molecule has 0 fully saturated rings. The number of carbonyl (C=O) groups excluding carboxylic acids is 1. The SMILES string of the molecule is CCOC(=O)c1cnn2c(O)c(Cc3ccccc3Cl)c(=O)[nH]c12. The van der Waals surface area contributed by atoms with Gasteiger partial charge in [0.2, 0.25) is 5.88 Å². The molecule has 124 valence electrons. The standard InChI is InChI=1S/C16H14ClN3O4/c1-2-24-16(23)11-8-18-20-13(11)19-14(21)10(15(20)22)7-9-5-3-4-6-12(9)17/h3-6,8,22H,2,7H2,1H3,(H,19,21). The molecule has 7 nitrogen and oxygen atoms in total. The summed E-state index contributed by atoms with van der Waals surface area (Å²) in [6.45, 7) is 1.86. The molecule has 2 N–H and O–H groups in total. The van der Waals surface area contributed by atoms with Crippen LogP contribution in [0.25, 0.3) is 5.65 Å². The van der Waals surface area contributed by atoms with Crippen LogP contribution in [0.5, 0.6) is 5.88 Å². The van der Waals surface area contributed by atoms with Crippen molar-refractivity contribution in [1.29, 1.82) is 0 Å². The van der Waals surface area contributed by atoms with Crippen molar-refractivity contribution >= 4 is 23.2 Å². The number of hydrogen-bond donors (Lipinski definition) is 2. The third-order valence-corrected chi connectivity index (χ3v) is 3.93. The van der Waals surface area contributed by atoms with E-state index in [1.807, 2.05) is 0 Å². The minimum Gasteiger partial charge on any atom is -0.493 e. The van der Waals surface area contributed by atoms with E-state index in [4.69, 9.17) is 16.3 Å². The minimum atomic E-state index is -0.624. The van der Waals surface area contributed by atoms with Gasteiger partial charge in [-0.15, -0.1) is 0 Å². The molecule has 0 unspecified atom stereocenters. The van der Waals surface area contributed by atoms with Gasteiger partial charge in [-0.3, -0.25) is 4.79 Å². The highest BCUT2D eigenvalue weighted by Crippen LogP contribution is 2.23. The van der Waals surface area contributed by atoms with Crippen molar-refractivity contribution in [1.82, 2.24) is 14.6 Å². The fourth-order valence-electron chi connectivity index (χ4n) is 2.39. The maximum atomic E-state index is 12.3. The molecule has 0 saturated heterocycles. The lowest BCUT2D eigenvalue weighted by molar-refractivity contribution is 0.0528. The molecule has 24 heavy (non-hydrogen) atoms. The average Bonchev–Trinajstić information content (AvgIpc) is 2.97. The molecule has 0 bridgehead atoms. The molecule has 0 aliphatic carbocycles. The smallest absolute Gasteiger partial charge is 0.343 e. The number of nitrogens with zero attached hydrogens (tertiary/aromatic N) is 2. The zero-order valence-electron chi connectivity index (χ0n) is 12.7. The van der Waals surface area contributed by atoms with Crippen LogP contribution in [0.3, 0.4) is 0 Å². The molecule has 3 aromatic rings. The maximum Gasteiger partial charge on any atom is 0.343 e. The summed E-state index contributed by atoms with van der Waals surface area (Å²) in [7, 11) is 0. The van der Waals surface area contributed by atoms with E-state index in [0.29, 0.717) is 10.6 Å². The number of aromatic hydroxyl groups is 1. The van der Waals surface area contributed by atoms with Crippen molar-refractivity contribution in [2.24, 2.45) is 0 Å². The van der Waals surface area contributed by atoms with Gasteiger partial charge >= 0.3 is 5.97 Å². The van der Waals surface area contributed by atoms with Crippen molar-refractivity contribution in [2.75, 3.05) is 6.61 Å². The van der Waals surface area contributed by atoms with Crippen LogP contribution in [0.4, 0.5) is 0 Å². The molecule has 0 spiro atoms. The molecule has 0 atom stereocenters. The summed E-state index contributed by atoms with van der Waals surface area (Å²) in [5.41, 5.74) is 0.435. The molecule has 0 radical (unpaired) electrons. The molecule has 8 heteroatoms. The number of carbonyl (C=O) groups is 1. The summed E-state index contributed by atoms with van der Waals surface area (Å²) in [6, 6.07) is 7.03. The summed E-state index contributed by atoms with van der Waals surface area (Å²) in [5, 5.41) is 14.8. The Morgan fingerprint density at radius 1 is 1.42 bits per heavy atom. The highest BCUT2D eigenvalue weighted by molar-refractivity contribution is 6.31. The van der Waals surface area contributed by atoms with Gasteiger partial charge in [0, 0.05) is 11.4 Å². The fraction of sp³-hybridized carbons (Fsp3) is 0.188. The Kier molecular flexibility index (Phi) is 4.26. The Hall–Kier alpha value is -2.80. The average molecular weight is 348 g/mol. The normalized spacial score (nSPS) is 10.9. The second-order valence-electron chi connectivity index (χ2n) is 5.06. The first kappa shape index (κ1) is 16.1.